The molecule has 1 amide bonds. The molecule has 2 N–H and O–H groups in total. The highest BCUT2D eigenvalue weighted by Crippen LogP contribution is 2.18. The molecule has 1 saturated heterocycles. The topological polar surface area (TPSA) is 103 Å². The lowest BCUT2D eigenvalue weighted by Crippen LogP contribution is -2.54. The fourth-order valence-corrected chi connectivity index (χ4v) is 4.05. The maximum atomic E-state index is 12.4. The zero-order valence-corrected chi connectivity index (χ0v) is 20.2. The van der Waals surface area contributed by atoms with Crippen LogP contribution in [-0.2, 0) is 19.6 Å². The van der Waals surface area contributed by atoms with Crippen LogP contribution in [0, 0.1) is 0 Å². The number of sulfonamides is 1. The van der Waals surface area contributed by atoms with Gasteiger partial charge in [-0.3, -0.25) is 4.79 Å². The molecule has 0 aromatic heterocycles. The zero-order chi connectivity index (χ0) is 19.9. The molecular weight excluding hydrogens is 497 g/mol. The van der Waals surface area contributed by atoms with Gasteiger partial charge in [-0.2, -0.15) is 4.31 Å². The number of carbonyl (C=O) groups excluding carboxylic acids is 1. The summed E-state index contributed by atoms with van der Waals surface area (Å²) < 4.78 is 31.7. The predicted molar refractivity (Wildman–Crippen MR) is 121 cm³/mol. The van der Waals surface area contributed by atoms with E-state index in [-0.39, 0.29) is 54.9 Å². The number of rotatable bonds is 9. The van der Waals surface area contributed by atoms with Crippen LogP contribution in [0.4, 0.5) is 0 Å². The maximum absolute atomic E-state index is 12.4. The fourth-order valence-electron chi connectivity index (χ4n) is 2.77. The lowest BCUT2D eigenvalue weighted by atomic mass is 10.4. The van der Waals surface area contributed by atoms with Gasteiger partial charge < -0.3 is 20.3 Å². The second kappa shape index (κ2) is 12.1. The van der Waals surface area contributed by atoms with Gasteiger partial charge >= 0.3 is 0 Å². The molecule has 1 aliphatic carbocycles. The van der Waals surface area contributed by atoms with E-state index >= 15 is 0 Å². The molecule has 1 heterocycles. The quantitative estimate of drug-likeness (QED) is 0.251. The normalized spacial score (nSPS) is 18.7. The van der Waals surface area contributed by atoms with Gasteiger partial charge in [0.2, 0.25) is 15.9 Å². The summed E-state index contributed by atoms with van der Waals surface area (Å²) in [6, 6.07) is 0.323. The Hall–Kier alpha value is -0.660. The van der Waals surface area contributed by atoms with E-state index in [1.54, 1.807) is 0 Å². The van der Waals surface area contributed by atoms with Crippen LogP contribution in [0.1, 0.15) is 33.6 Å². The van der Waals surface area contributed by atoms with Crippen molar-refractivity contribution in [3.63, 3.8) is 0 Å². The smallest absolute Gasteiger partial charge is 0.242 e. The van der Waals surface area contributed by atoms with Crippen LogP contribution in [0.5, 0.6) is 0 Å². The zero-order valence-electron chi connectivity index (χ0n) is 17.0. The van der Waals surface area contributed by atoms with Crippen molar-refractivity contribution >= 4 is 45.9 Å². The number of nitrogens with one attached hydrogen (secondary N) is 2. The molecule has 28 heavy (non-hydrogen) atoms. The van der Waals surface area contributed by atoms with E-state index in [1.165, 1.54) is 4.31 Å². The van der Waals surface area contributed by atoms with E-state index in [2.05, 4.69) is 15.6 Å². The molecule has 2 fully saturated rings. The third-order valence-electron chi connectivity index (χ3n) is 4.37. The summed E-state index contributed by atoms with van der Waals surface area (Å²) >= 11 is 0. The molecule has 9 nitrogen and oxygen atoms in total. The summed E-state index contributed by atoms with van der Waals surface area (Å²) in [7, 11) is -3.32. The number of aliphatic imine (C=N–C) groups is 1. The molecule has 0 aromatic rings. The van der Waals surface area contributed by atoms with Gasteiger partial charge in [0, 0.05) is 38.8 Å². The number of ether oxygens (including phenoxy) is 1. The minimum atomic E-state index is -3.32. The summed E-state index contributed by atoms with van der Waals surface area (Å²) in [4.78, 5) is 18.3. The van der Waals surface area contributed by atoms with E-state index in [1.807, 2.05) is 25.7 Å². The van der Waals surface area contributed by atoms with Gasteiger partial charge in [0.05, 0.1) is 18.5 Å². The van der Waals surface area contributed by atoms with Crippen LogP contribution in [0.15, 0.2) is 4.99 Å². The first-order valence-corrected chi connectivity index (χ1v) is 11.3. The lowest BCUT2D eigenvalue weighted by molar-refractivity contribution is -0.119. The Kier molecular flexibility index (Phi) is 11.0. The second-order valence-corrected chi connectivity index (χ2v) is 9.22. The van der Waals surface area contributed by atoms with Crippen molar-refractivity contribution in [1.29, 1.82) is 0 Å². The van der Waals surface area contributed by atoms with E-state index in [0.29, 0.717) is 44.7 Å². The molecule has 0 radical (unpaired) electrons. The van der Waals surface area contributed by atoms with Crippen molar-refractivity contribution in [2.24, 2.45) is 4.99 Å². The van der Waals surface area contributed by atoms with Crippen LogP contribution in [0.25, 0.3) is 0 Å². The minimum Gasteiger partial charge on any atom is -0.378 e. The second-order valence-electron chi connectivity index (χ2n) is 7.13. The molecule has 2 aliphatic rings. The van der Waals surface area contributed by atoms with Crippen molar-refractivity contribution in [3.05, 3.63) is 0 Å². The molecule has 0 unspecified atom stereocenters. The third kappa shape index (κ3) is 8.78. The SMILES string of the molecule is CCNC(=NCC(=O)NC1CC1)N1CCN(S(=O)(=O)CCOC(C)C)CC1.I. The minimum absolute atomic E-state index is 0. The molecule has 0 spiro atoms. The Morgan fingerprint density at radius 3 is 2.39 bits per heavy atom. The van der Waals surface area contributed by atoms with Crippen molar-refractivity contribution in [3.8, 4) is 0 Å². The van der Waals surface area contributed by atoms with Gasteiger partial charge in [0.15, 0.2) is 5.96 Å². The standard InChI is InChI=1S/C17H33N5O4S.HI/c1-4-18-17(19-13-16(23)20-15-5-6-15)21-7-9-22(10-8-21)27(24,25)12-11-26-14(2)3;/h14-15H,4-13H2,1-3H3,(H,18,19)(H,20,23);1H. The number of amides is 1. The first-order chi connectivity index (χ1) is 12.8. The summed E-state index contributed by atoms with van der Waals surface area (Å²) in [6.07, 6.45) is 2.12. The number of piperazine rings is 1. The predicted octanol–water partition coefficient (Wildman–Crippen LogP) is 0.221. The molecule has 0 aromatic carbocycles. The van der Waals surface area contributed by atoms with Crippen LogP contribution in [-0.4, -0.2) is 93.3 Å². The fraction of sp³-hybridized carbons (Fsp3) is 0.882. The van der Waals surface area contributed by atoms with Gasteiger partial charge in [-0.1, -0.05) is 0 Å². The molecule has 0 bridgehead atoms. The van der Waals surface area contributed by atoms with E-state index in [0.717, 1.165) is 12.8 Å². The Morgan fingerprint density at radius 2 is 1.86 bits per heavy atom. The van der Waals surface area contributed by atoms with Gasteiger partial charge in [-0.05, 0) is 33.6 Å². The van der Waals surface area contributed by atoms with Crippen molar-refractivity contribution < 1.29 is 17.9 Å². The van der Waals surface area contributed by atoms with Crippen LogP contribution < -0.4 is 10.6 Å². The summed E-state index contributed by atoms with van der Waals surface area (Å²) in [6.45, 7) is 8.62. The van der Waals surface area contributed by atoms with E-state index in [4.69, 9.17) is 4.74 Å². The van der Waals surface area contributed by atoms with Gasteiger partial charge in [-0.25, -0.2) is 13.4 Å². The Bertz CT molecular complexity index is 617. The van der Waals surface area contributed by atoms with Crippen LogP contribution in [0.2, 0.25) is 0 Å². The summed E-state index contributed by atoms with van der Waals surface area (Å²) in [5, 5.41) is 6.10. The maximum Gasteiger partial charge on any atom is 0.242 e. The molecule has 0 atom stereocenters. The number of guanidine groups is 1. The highest BCUT2D eigenvalue weighted by Gasteiger charge is 2.28. The highest BCUT2D eigenvalue weighted by molar-refractivity contribution is 14.0. The average Bonchev–Trinajstić information content (AvgIpc) is 3.42. The first-order valence-electron chi connectivity index (χ1n) is 9.74. The first kappa shape index (κ1) is 25.4. The Morgan fingerprint density at radius 1 is 1.21 bits per heavy atom. The number of carbonyl (C=O) groups is 1. The Labute approximate surface area is 185 Å². The molecule has 1 aliphatic heterocycles. The number of nitrogens with zero attached hydrogens (tertiary/aromatic N) is 3. The number of hydrogen-bond acceptors (Lipinski definition) is 5. The van der Waals surface area contributed by atoms with Gasteiger partial charge in [0.25, 0.3) is 0 Å². The molecular formula is C17H34IN5O4S. The molecule has 2 rings (SSSR count). The highest BCUT2D eigenvalue weighted by atomic mass is 127. The van der Waals surface area contributed by atoms with E-state index in [9.17, 15) is 13.2 Å². The van der Waals surface area contributed by atoms with Crippen molar-refractivity contribution in [2.45, 2.75) is 45.8 Å². The average molecular weight is 531 g/mol. The van der Waals surface area contributed by atoms with Crippen LogP contribution >= 0.6 is 24.0 Å². The molecule has 11 heteroatoms. The molecule has 1 saturated carbocycles. The molecule has 164 valence electrons. The summed E-state index contributed by atoms with van der Waals surface area (Å²) in [5.74, 6) is 0.587. The lowest BCUT2D eigenvalue weighted by Gasteiger charge is -2.35. The van der Waals surface area contributed by atoms with Gasteiger partial charge in [-0.15, -0.1) is 24.0 Å². The number of halogens is 1. The van der Waals surface area contributed by atoms with Crippen molar-refractivity contribution in [1.82, 2.24) is 19.8 Å². The van der Waals surface area contributed by atoms with Crippen LogP contribution in [0.3, 0.4) is 0 Å². The van der Waals surface area contributed by atoms with Crippen molar-refractivity contribution in [2.75, 3.05) is 51.6 Å². The third-order valence-corrected chi connectivity index (χ3v) is 6.21. The van der Waals surface area contributed by atoms with Gasteiger partial charge in [0.1, 0.15) is 6.54 Å². The monoisotopic (exact) mass is 531 g/mol. The largest absolute Gasteiger partial charge is 0.378 e. The number of hydrogen-bond donors (Lipinski definition) is 2. The Balaban J connectivity index is 0.00000392. The summed E-state index contributed by atoms with van der Waals surface area (Å²) in [5.41, 5.74) is 0. The van der Waals surface area contributed by atoms with E-state index < -0.39 is 10.0 Å².